The molecule has 18 heavy (non-hydrogen) atoms. The molecule has 0 spiro atoms. The molecule has 0 radical (unpaired) electrons. The van der Waals surface area contributed by atoms with E-state index < -0.39 is 0 Å². The molecule has 4 heteroatoms. The van der Waals surface area contributed by atoms with Crippen molar-refractivity contribution in [3.63, 3.8) is 0 Å². The predicted molar refractivity (Wildman–Crippen MR) is 78.6 cm³/mol. The van der Waals surface area contributed by atoms with Crippen LogP contribution in [0.4, 0.5) is 0 Å². The van der Waals surface area contributed by atoms with Crippen molar-refractivity contribution < 1.29 is 0 Å². The van der Waals surface area contributed by atoms with Gasteiger partial charge in [-0.15, -0.1) is 0 Å². The third-order valence-electron chi connectivity index (χ3n) is 3.86. The van der Waals surface area contributed by atoms with Crippen LogP contribution in [0.25, 0.3) is 0 Å². The van der Waals surface area contributed by atoms with E-state index in [9.17, 15) is 0 Å². The Hall–Kier alpha value is -0.350. The molecule has 2 heterocycles. The minimum absolute atomic E-state index is 0.455. The summed E-state index contributed by atoms with van der Waals surface area (Å²) in [5.74, 6) is 0. The number of rotatable bonds is 3. The second-order valence-corrected chi connectivity index (χ2v) is 6.96. The Morgan fingerprint density at radius 2 is 2.11 bits per heavy atom. The molecule has 0 aromatic carbocycles. The lowest BCUT2D eigenvalue weighted by molar-refractivity contribution is 0.109. The number of hydrogen-bond donors (Lipinski definition) is 0. The van der Waals surface area contributed by atoms with Crippen molar-refractivity contribution in [1.82, 2.24) is 14.7 Å². The normalized spacial score (nSPS) is 20.3. The average molecular weight is 314 g/mol. The van der Waals surface area contributed by atoms with Crippen LogP contribution >= 0.6 is 15.9 Å². The molecule has 1 aromatic rings. The van der Waals surface area contributed by atoms with Gasteiger partial charge in [0.1, 0.15) is 0 Å². The van der Waals surface area contributed by atoms with E-state index in [2.05, 4.69) is 46.7 Å². The summed E-state index contributed by atoms with van der Waals surface area (Å²) in [6.07, 6.45) is 3.64. The van der Waals surface area contributed by atoms with E-state index in [0.717, 1.165) is 13.0 Å². The first kappa shape index (κ1) is 14.1. The summed E-state index contributed by atoms with van der Waals surface area (Å²) in [5, 5.41) is 4.57. The number of aromatic nitrogens is 2. The second-order valence-electron chi connectivity index (χ2n) is 6.16. The van der Waals surface area contributed by atoms with Crippen molar-refractivity contribution in [2.45, 2.75) is 46.6 Å². The van der Waals surface area contributed by atoms with Gasteiger partial charge in [0, 0.05) is 20.1 Å². The first-order valence-electron chi connectivity index (χ1n) is 6.85. The summed E-state index contributed by atoms with van der Waals surface area (Å²) in [7, 11) is 2.05. The van der Waals surface area contributed by atoms with Crippen molar-refractivity contribution in [1.29, 1.82) is 0 Å². The highest BCUT2D eigenvalue weighted by atomic mass is 79.9. The van der Waals surface area contributed by atoms with E-state index in [4.69, 9.17) is 0 Å². The zero-order chi connectivity index (χ0) is 13.3. The second kappa shape index (κ2) is 5.33. The molecule has 1 fully saturated rings. The van der Waals surface area contributed by atoms with Gasteiger partial charge in [-0.05, 0) is 47.2 Å². The van der Waals surface area contributed by atoms with Gasteiger partial charge in [-0.25, -0.2) is 0 Å². The van der Waals surface area contributed by atoms with Crippen LogP contribution in [0.3, 0.4) is 0 Å². The SMILES string of the molecule is CCc1nn(C)c(CN2CCCC(C)(C)C2)c1Br. The Kier molecular flexibility index (Phi) is 4.17. The fourth-order valence-corrected chi connectivity index (χ4v) is 3.62. The maximum absolute atomic E-state index is 4.57. The molecule has 102 valence electrons. The van der Waals surface area contributed by atoms with Crippen molar-refractivity contribution in [2.24, 2.45) is 12.5 Å². The molecule has 0 amide bonds. The van der Waals surface area contributed by atoms with E-state index in [-0.39, 0.29) is 0 Å². The van der Waals surface area contributed by atoms with Crippen LogP contribution in [0.2, 0.25) is 0 Å². The van der Waals surface area contributed by atoms with Gasteiger partial charge in [0.05, 0.1) is 15.9 Å². The maximum atomic E-state index is 4.57. The van der Waals surface area contributed by atoms with Gasteiger partial charge < -0.3 is 0 Å². The quantitative estimate of drug-likeness (QED) is 0.853. The maximum Gasteiger partial charge on any atom is 0.0767 e. The van der Waals surface area contributed by atoms with Gasteiger partial charge >= 0.3 is 0 Å². The highest BCUT2D eigenvalue weighted by Crippen LogP contribution is 2.30. The van der Waals surface area contributed by atoms with Crippen LogP contribution in [-0.4, -0.2) is 27.8 Å². The summed E-state index contributed by atoms with van der Waals surface area (Å²) >= 11 is 3.71. The lowest BCUT2D eigenvalue weighted by Gasteiger charge is -2.38. The Balaban J connectivity index is 2.12. The van der Waals surface area contributed by atoms with Crippen LogP contribution in [0.5, 0.6) is 0 Å². The Morgan fingerprint density at radius 3 is 2.67 bits per heavy atom. The molecule has 1 aromatic heterocycles. The minimum atomic E-state index is 0.455. The molecule has 1 saturated heterocycles. The predicted octanol–water partition coefficient (Wildman–Crippen LogP) is 3.37. The molecule has 0 saturated carbocycles. The summed E-state index contributed by atoms with van der Waals surface area (Å²) in [4.78, 5) is 2.56. The molecule has 1 aliphatic rings. The highest BCUT2D eigenvalue weighted by molar-refractivity contribution is 9.10. The summed E-state index contributed by atoms with van der Waals surface area (Å²) in [6, 6.07) is 0. The molecule has 0 N–H and O–H groups in total. The third-order valence-corrected chi connectivity index (χ3v) is 4.77. The van der Waals surface area contributed by atoms with Crippen molar-refractivity contribution >= 4 is 15.9 Å². The smallest absolute Gasteiger partial charge is 0.0767 e. The third kappa shape index (κ3) is 2.97. The molecule has 2 rings (SSSR count). The molecule has 0 aliphatic carbocycles. The molecular formula is C14H24BrN3. The van der Waals surface area contributed by atoms with Gasteiger partial charge in [0.15, 0.2) is 0 Å². The molecule has 0 bridgehead atoms. The first-order valence-corrected chi connectivity index (χ1v) is 7.65. The Morgan fingerprint density at radius 1 is 1.39 bits per heavy atom. The minimum Gasteiger partial charge on any atom is -0.297 e. The van der Waals surface area contributed by atoms with Crippen molar-refractivity contribution in [3.05, 3.63) is 15.9 Å². The largest absolute Gasteiger partial charge is 0.297 e. The van der Waals surface area contributed by atoms with Gasteiger partial charge in [-0.2, -0.15) is 5.10 Å². The molecule has 0 atom stereocenters. The number of nitrogens with zero attached hydrogens (tertiary/aromatic N) is 3. The standard InChI is InChI=1S/C14H24BrN3/c1-5-11-13(15)12(17(4)16-11)9-18-8-6-7-14(2,3)10-18/h5-10H2,1-4H3. The monoisotopic (exact) mass is 313 g/mol. The van der Waals surface area contributed by atoms with Gasteiger partial charge in [-0.1, -0.05) is 20.8 Å². The van der Waals surface area contributed by atoms with Gasteiger partial charge in [0.25, 0.3) is 0 Å². The number of piperidine rings is 1. The summed E-state index contributed by atoms with van der Waals surface area (Å²) in [5.41, 5.74) is 2.94. The van der Waals surface area contributed by atoms with E-state index in [1.54, 1.807) is 0 Å². The fourth-order valence-electron chi connectivity index (χ4n) is 2.88. The van der Waals surface area contributed by atoms with Crippen LogP contribution in [0.1, 0.15) is 45.0 Å². The Labute approximate surface area is 119 Å². The Bertz CT molecular complexity index is 423. The molecular weight excluding hydrogens is 290 g/mol. The first-order chi connectivity index (χ1) is 8.43. The summed E-state index contributed by atoms with van der Waals surface area (Å²) in [6.45, 7) is 10.3. The zero-order valence-corrected chi connectivity index (χ0v) is 13.5. The van der Waals surface area contributed by atoms with Crippen molar-refractivity contribution in [2.75, 3.05) is 13.1 Å². The van der Waals surface area contributed by atoms with Crippen LogP contribution in [0.15, 0.2) is 4.47 Å². The highest BCUT2D eigenvalue weighted by Gasteiger charge is 2.27. The number of likely N-dealkylation sites (tertiary alicyclic amines) is 1. The molecule has 3 nitrogen and oxygen atoms in total. The van der Waals surface area contributed by atoms with E-state index >= 15 is 0 Å². The average Bonchev–Trinajstić information content (AvgIpc) is 2.55. The number of hydrogen-bond acceptors (Lipinski definition) is 2. The lowest BCUT2D eigenvalue weighted by atomic mass is 9.84. The lowest BCUT2D eigenvalue weighted by Crippen LogP contribution is -2.39. The molecule has 1 aliphatic heterocycles. The topological polar surface area (TPSA) is 21.1 Å². The van der Waals surface area contributed by atoms with Crippen LogP contribution in [-0.2, 0) is 20.0 Å². The zero-order valence-electron chi connectivity index (χ0n) is 12.0. The number of halogens is 1. The molecule has 0 unspecified atom stereocenters. The summed E-state index contributed by atoms with van der Waals surface area (Å²) < 4.78 is 3.24. The van der Waals surface area contributed by atoms with Crippen molar-refractivity contribution in [3.8, 4) is 0 Å². The van der Waals surface area contributed by atoms with E-state index in [1.165, 1.54) is 41.8 Å². The fraction of sp³-hybridized carbons (Fsp3) is 0.786. The van der Waals surface area contributed by atoms with E-state index in [0.29, 0.717) is 5.41 Å². The van der Waals surface area contributed by atoms with Gasteiger partial charge in [0.2, 0.25) is 0 Å². The van der Waals surface area contributed by atoms with Crippen LogP contribution in [0, 0.1) is 5.41 Å². The van der Waals surface area contributed by atoms with E-state index in [1.807, 2.05) is 11.7 Å². The van der Waals surface area contributed by atoms with Gasteiger partial charge in [-0.3, -0.25) is 9.58 Å². The number of aryl methyl sites for hydroxylation is 2. The van der Waals surface area contributed by atoms with Crippen LogP contribution < -0.4 is 0 Å².